The summed E-state index contributed by atoms with van der Waals surface area (Å²) in [7, 11) is 1.52. The number of carbonyl (C=O) groups excluding carboxylic acids is 1. The summed E-state index contributed by atoms with van der Waals surface area (Å²) in [5.41, 5.74) is 1.65. The van der Waals surface area contributed by atoms with E-state index in [0.717, 1.165) is 26.1 Å². The normalized spacial score (nSPS) is 14.8. The molecule has 1 amide bonds. The first kappa shape index (κ1) is 23.9. The van der Waals surface area contributed by atoms with Crippen LogP contribution in [-0.2, 0) is 9.53 Å². The number of methoxy groups -OCH3 is 1. The molecular weight excluding hydrogens is 461 g/mol. The maximum absolute atomic E-state index is 13.5. The van der Waals surface area contributed by atoms with Gasteiger partial charge in [0.15, 0.2) is 0 Å². The maximum Gasteiger partial charge on any atom is 0.248 e. The lowest BCUT2D eigenvalue weighted by molar-refractivity contribution is -0.111. The summed E-state index contributed by atoms with van der Waals surface area (Å²) in [5, 5.41) is 6.63. The Morgan fingerprint density at radius 2 is 2.15 bits per heavy atom. The summed E-state index contributed by atoms with van der Waals surface area (Å²) >= 11 is 5.89. The lowest BCUT2D eigenvalue weighted by atomic mass is 10.1. The highest BCUT2D eigenvalue weighted by Crippen LogP contribution is 2.33. The fraction of sp³-hybridized carbons (Fsp3) is 0.292. The molecule has 2 heterocycles. The molecule has 2 aromatic carbocycles. The van der Waals surface area contributed by atoms with Crippen LogP contribution in [0.15, 0.2) is 48.8 Å². The average molecular weight is 486 g/mol. The molecule has 0 saturated carbocycles. The van der Waals surface area contributed by atoms with Crippen LogP contribution in [0.4, 0.5) is 21.6 Å². The Balaban J connectivity index is 1.53. The van der Waals surface area contributed by atoms with Gasteiger partial charge >= 0.3 is 0 Å². The molecule has 3 aromatic rings. The molecule has 1 saturated heterocycles. The summed E-state index contributed by atoms with van der Waals surface area (Å²) in [6, 6.07) is 7.75. The molecular formula is C24H25ClFN5O3. The first-order valence-corrected chi connectivity index (χ1v) is 11.2. The molecule has 0 atom stereocenters. The third-order valence-electron chi connectivity index (χ3n) is 5.34. The van der Waals surface area contributed by atoms with Gasteiger partial charge in [-0.15, -0.1) is 0 Å². The zero-order chi connectivity index (χ0) is 23.9. The number of amides is 1. The first-order chi connectivity index (χ1) is 16.5. The minimum atomic E-state index is -0.508. The summed E-state index contributed by atoms with van der Waals surface area (Å²) in [6.45, 7) is 3.95. The maximum atomic E-state index is 13.5. The van der Waals surface area contributed by atoms with Gasteiger partial charge in [-0.1, -0.05) is 17.7 Å². The van der Waals surface area contributed by atoms with Crippen molar-refractivity contribution in [3.8, 4) is 5.75 Å². The van der Waals surface area contributed by atoms with Crippen LogP contribution in [-0.4, -0.2) is 60.7 Å². The van der Waals surface area contributed by atoms with E-state index in [1.165, 1.54) is 31.6 Å². The third kappa shape index (κ3) is 5.99. The van der Waals surface area contributed by atoms with Crippen LogP contribution in [0, 0.1) is 5.82 Å². The minimum absolute atomic E-state index is 0.00234. The largest absolute Gasteiger partial charge is 0.494 e. The monoisotopic (exact) mass is 485 g/mol. The quantitative estimate of drug-likeness (QED) is 0.480. The predicted octanol–water partition coefficient (Wildman–Crippen LogP) is 4.39. The molecule has 8 nitrogen and oxygen atoms in total. The number of hydrogen-bond donors (Lipinski definition) is 2. The lowest BCUT2D eigenvalue weighted by Gasteiger charge is -2.16. The Labute approximate surface area is 201 Å². The van der Waals surface area contributed by atoms with Crippen molar-refractivity contribution in [3.63, 3.8) is 0 Å². The summed E-state index contributed by atoms with van der Waals surface area (Å²) in [4.78, 5) is 23.4. The first-order valence-electron chi connectivity index (χ1n) is 10.9. The molecule has 10 heteroatoms. The van der Waals surface area contributed by atoms with Gasteiger partial charge in [0.25, 0.3) is 0 Å². The van der Waals surface area contributed by atoms with E-state index in [9.17, 15) is 9.18 Å². The van der Waals surface area contributed by atoms with Gasteiger partial charge in [-0.2, -0.15) is 0 Å². The van der Waals surface area contributed by atoms with E-state index in [2.05, 4.69) is 25.5 Å². The molecule has 178 valence electrons. The van der Waals surface area contributed by atoms with Crippen molar-refractivity contribution in [2.75, 3.05) is 50.6 Å². The Morgan fingerprint density at radius 3 is 2.97 bits per heavy atom. The van der Waals surface area contributed by atoms with Gasteiger partial charge in [-0.3, -0.25) is 9.69 Å². The van der Waals surface area contributed by atoms with E-state index in [1.807, 2.05) is 6.08 Å². The van der Waals surface area contributed by atoms with Crippen LogP contribution in [0.3, 0.4) is 0 Å². The number of nitrogens with one attached hydrogen (secondary N) is 2. The highest BCUT2D eigenvalue weighted by molar-refractivity contribution is 6.31. The van der Waals surface area contributed by atoms with Crippen molar-refractivity contribution in [3.05, 3.63) is 59.7 Å². The Morgan fingerprint density at radius 1 is 1.26 bits per heavy atom. The topological polar surface area (TPSA) is 88.6 Å². The number of ether oxygens (including phenoxy) is 2. The van der Waals surface area contributed by atoms with Crippen LogP contribution in [0.1, 0.15) is 6.42 Å². The second kappa shape index (κ2) is 11.2. The number of carbonyl (C=O) groups is 1. The second-order valence-corrected chi connectivity index (χ2v) is 8.11. The van der Waals surface area contributed by atoms with Crippen LogP contribution in [0.2, 0.25) is 5.02 Å². The minimum Gasteiger partial charge on any atom is -0.494 e. The van der Waals surface area contributed by atoms with E-state index in [1.54, 1.807) is 18.2 Å². The Kier molecular flexibility index (Phi) is 7.89. The molecule has 0 aliphatic carbocycles. The van der Waals surface area contributed by atoms with Gasteiger partial charge in [0.1, 0.15) is 23.7 Å². The van der Waals surface area contributed by atoms with Crippen molar-refractivity contribution in [2.24, 2.45) is 0 Å². The second-order valence-electron chi connectivity index (χ2n) is 7.70. The van der Waals surface area contributed by atoms with Gasteiger partial charge in [-0.05, 0) is 30.7 Å². The predicted molar refractivity (Wildman–Crippen MR) is 130 cm³/mol. The van der Waals surface area contributed by atoms with E-state index >= 15 is 0 Å². The molecule has 2 N–H and O–H groups in total. The number of anilines is 3. The number of halogens is 2. The number of nitrogens with zero attached hydrogens (tertiary/aromatic N) is 3. The summed E-state index contributed by atoms with van der Waals surface area (Å²) < 4.78 is 24.4. The fourth-order valence-electron chi connectivity index (χ4n) is 3.62. The van der Waals surface area contributed by atoms with E-state index in [4.69, 9.17) is 21.1 Å². The van der Waals surface area contributed by atoms with Crippen molar-refractivity contribution < 1.29 is 18.7 Å². The zero-order valence-corrected chi connectivity index (χ0v) is 19.4. The number of aromatic nitrogens is 2. The van der Waals surface area contributed by atoms with E-state index < -0.39 is 5.82 Å². The van der Waals surface area contributed by atoms with Crippen LogP contribution < -0.4 is 15.4 Å². The van der Waals surface area contributed by atoms with Crippen molar-refractivity contribution >= 4 is 45.6 Å². The Bertz CT molecular complexity index is 1200. The highest BCUT2D eigenvalue weighted by Gasteiger charge is 2.13. The van der Waals surface area contributed by atoms with Gasteiger partial charge < -0.3 is 20.1 Å². The zero-order valence-electron chi connectivity index (χ0n) is 18.7. The molecule has 1 aromatic heterocycles. The van der Waals surface area contributed by atoms with Crippen molar-refractivity contribution in [1.82, 2.24) is 14.9 Å². The molecule has 0 unspecified atom stereocenters. The number of fused-ring (bicyclic) bond motifs is 1. The van der Waals surface area contributed by atoms with E-state index in [0.29, 0.717) is 47.0 Å². The third-order valence-corrected chi connectivity index (χ3v) is 5.63. The molecule has 1 aliphatic rings. The van der Waals surface area contributed by atoms with Crippen molar-refractivity contribution in [2.45, 2.75) is 6.42 Å². The summed E-state index contributed by atoms with van der Waals surface area (Å²) in [5.74, 6) is 0.158. The van der Waals surface area contributed by atoms with Crippen LogP contribution in [0.25, 0.3) is 10.9 Å². The molecule has 0 spiro atoms. The molecule has 4 rings (SSSR count). The SMILES string of the molecule is COc1cc2ncnc(Nc3ccc(F)c(Cl)c3)c2cc1NC(=O)C=CCN1CCCOCC1. The molecule has 0 radical (unpaired) electrons. The number of hydrogen-bond acceptors (Lipinski definition) is 7. The Hall–Kier alpha value is -3.27. The van der Waals surface area contributed by atoms with E-state index in [-0.39, 0.29) is 10.9 Å². The van der Waals surface area contributed by atoms with Gasteiger partial charge in [0, 0.05) is 49.5 Å². The number of benzene rings is 2. The average Bonchev–Trinajstić information content (AvgIpc) is 3.10. The molecule has 0 bridgehead atoms. The lowest BCUT2D eigenvalue weighted by Crippen LogP contribution is -2.26. The molecule has 1 fully saturated rings. The highest BCUT2D eigenvalue weighted by atomic mass is 35.5. The standard InChI is InChI=1S/C24H25ClFN5O3/c1-33-22-14-20-17(24(28-15-27-20)29-16-5-6-19(26)18(25)12-16)13-21(22)30-23(32)4-2-7-31-8-3-10-34-11-9-31/h2,4-6,12-15H,3,7-11H2,1H3,(H,30,32)(H,27,28,29). The fourth-order valence-corrected chi connectivity index (χ4v) is 3.80. The van der Waals surface area contributed by atoms with Crippen LogP contribution >= 0.6 is 11.6 Å². The van der Waals surface area contributed by atoms with Crippen LogP contribution in [0.5, 0.6) is 5.75 Å². The van der Waals surface area contributed by atoms with Crippen molar-refractivity contribution in [1.29, 1.82) is 0 Å². The van der Waals surface area contributed by atoms with Gasteiger partial charge in [-0.25, -0.2) is 14.4 Å². The smallest absolute Gasteiger partial charge is 0.248 e. The van der Waals surface area contributed by atoms with Gasteiger partial charge in [0.05, 0.1) is 29.9 Å². The van der Waals surface area contributed by atoms with Gasteiger partial charge in [0.2, 0.25) is 5.91 Å². The molecule has 1 aliphatic heterocycles. The number of rotatable bonds is 7. The molecule has 34 heavy (non-hydrogen) atoms. The summed E-state index contributed by atoms with van der Waals surface area (Å²) in [6.07, 6.45) is 5.74.